The second kappa shape index (κ2) is 10.3. The number of aromatic nitrogens is 2. The van der Waals surface area contributed by atoms with Crippen molar-refractivity contribution in [2.75, 3.05) is 30.1 Å². The van der Waals surface area contributed by atoms with Gasteiger partial charge in [0.15, 0.2) is 5.02 Å². The van der Waals surface area contributed by atoms with Crippen LogP contribution in [0.5, 0.6) is 5.88 Å². The van der Waals surface area contributed by atoms with Crippen LogP contribution in [0.3, 0.4) is 0 Å². The van der Waals surface area contributed by atoms with Gasteiger partial charge in [-0.25, -0.2) is 18.6 Å². The molecule has 3 N–H and O–H groups in total. The van der Waals surface area contributed by atoms with E-state index in [-0.39, 0.29) is 48.7 Å². The summed E-state index contributed by atoms with van der Waals surface area (Å²) < 4.78 is 33.5. The molecule has 2 aromatic carbocycles. The van der Waals surface area contributed by atoms with Crippen LogP contribution in [0.15, 0.2) is 47.5 Å². The van der Waals surface area contributed by atoms with Gasteiger partial charge in [0.2, 0.25) is 11.8 Å². The van der Waals surface area contributed by atoms with Crippen molar-refractivity contribution in [3.8, 4) is 5.88 Å². The summed E-state index contributed by atoms with van der Waals surface area (Å²) in [5.41, 5.74) is 6.48. The molecule has 0 saturated carbocycles. The van der Waals surface area contributed by atoms with Gasteiger partial charge in [0.1, 0.15) is 31.2 Å². The normalized spacial score (nSPS) is 12.6. The zero-order chi connectivity index (χ0) is 26.0. The van der Waals surface area contributed by atoms with E-state index in [0.717, 1.165) is 12.1 Å². The third-order valence-corrected chi connectivity index (χ3v) is 5.81. The first-order chi connectivity index (χ1) is 17.2. The van der Waals surface area contributed by atoms with Crippen molar-refractivity contribution < 1.29 is 23.1 Å². The Bertz CT molecular complexity index is 1400. The number of urea groups is 1. The number of nitrogens with two attached hydrogens (primary N) is 1. The number of hydrogen-bond donors (Lipinski definition) is 2. The van der Waals surface area contributed by atoms with Crippen molar-refractivity contribution in [1.82, 2.24) is 14.9 Å². The molecule has 0 bridgehead atoms. The summed E-state index contributed by atoms with van der Waals surface area (Å²) in [6, 6.07) is 7.32. The Hall–Kier alpha value is -4.03. The molecule has 0 radical (unpaired) electrons. The molecule has 0 unspecified atom stereocenters. The zero-order valence-electron chi connectivity index (χ0n) is 19.0. The van der Waals surface area contributed by atoms with E-state index in [4.69, 9.17) is 22.1 Å². The number of carbonyl (C=O) groups is 2. The van der Waals surface area contributed by atoms with E-state index in [1.54, 1.807) is 25.2 Å². The molecular formula is C23H21ClF2N6O4. The number of hydrogen-bond acceptors (Lipinski definition) is 6. The van der Waals surface area contributed by atoms with Crippen LogP contribution >= 0.6 is 11.6 Å². The second-order valence-corrected chi connectivity index (χ2v) is 8.28. The van der Waals surface area contributed by atoms with Crippen LogP contribution in [0.25, 0.3) is 0 Å². The minimum Gasteiger partial charge on any atom is -0.471 e. The lowest BCUT2D eigenvalue weighted by molar-refractivity contribution is -0.117. The van der Waals surface area contributed by atoms with Crippen LogP contribution in [0.4, 0.5) is 25.0 Å². The van der Waals surface area contributed by atoms with E-state index in [0.29, 0.717) is 16.9 Å². The maximum atomic E-state index is 13.8. The van der Waals surface area contributed by atoms with Crippen LogP contribution in [0.2, 0.25) is 5.02 Å². The molecule has 2 heterocycles. The number of ether oxygens (including phenoxy) is 1. The average Bonchev–Trinajstić information content (AvgIpc) is 3.22. The topological polar surface area (TPSA) is 123 Å². The van der Waals surface area contributed by atoms with Crippen molar-refractivity contribution in [1.29, 1.82) is 0 Å². The van der Waals surface area contributed by atoms with Crippen molar-refractivity contribution in [3.63, 3.8) is 0 Å². The molecule has 1 aromatic heterocycles. The first kappa shape index (κ1) is 25.1. The highest BCUT2D eigenvalue weighted by Gasteiger charge is 2.32. The molecule has 36 heavy (non-hydrogen) atoms. The van der Waals surface area contributed by atoms with Crippen LogP contribution < -0.4 is 31.1 Å². The third kappa shape index (κ3) is 4.99. The third-order valence-electron chi connectivity index (χ3n) is 5.48. The quantitative estimate of drug-likeness (QED) is 0.494. The van der Waals surface area contributed by atoms with Crippen LogP contribution in [-0.4, -0.2) is 41.8 Å². The number of rotatable bonds is 7. The molecule has 10 nitrogen and oxygen atoms in total. The average molecular weight is 519 g/mol. The second-order valence-electron chi connectivity index (χ2n) is 7.90. The molecule has 0 spiro atoms. The summed E-state index contributed by atoms with van der Waals surface area (Å²) in [5, 5.41) is 2.46. The number of fused-ring (bicyclic) bond motifs is 1. The summed E-state index contributed by atoms with van der Waals surface area (Å²) >= 11 is 6.15. The number of amides is 3. The molecule has 13 heteroatoms. The van der Waals surface area contributed by atoms with Gasteiger partial charge < -0.3 is 15.8 Å². The van der Waals surface area contributed by atoms with Crippen molar-refractivity contribution in [2.24, 2.45) is 5.73 Å². The summed E-state index contributed by atoms with van der Waals surface area (Å²) in [7, 11) is 1.63. The Balaban J connectivity index is 1.56. The fourth-order valence-electron chi connectivity index (χ4n) is 3.70. The van der Waals surface area contributed by atoms with Gasteiger partial charge in [-0.1, -0.05) is 17.7 Å². The molecule has 188 valence electrons. The van der Waals surface area contributed by atoms with E-state index < -0.39 is 23.2 Å². The first-order valence-electron chi connectivity index (χ1n) is 10.7. The Morgan fingerprint density at radius 2 is 1.94 bits per heavy atom. The minimum absolute atomic E-state index is 0.0251. The zero-order valence-corrected chi connectivity index (χ0v) is 19.8. The summed E-state index contributed by atoms with van der Waals surface area (Å²) in [6.45, 7) is -0.225. The first-order valence-corrected chi connectivity index (χ1v) is 11.0. The van der Waals surface area contributed by atoms with E-state index in [2.05, 4.69) is 10.3 Å². The van der Waals surface area contributed by atoms with Gasteiger partial charge in [0, 0.05) is 11.6 Å². The predicted molar refractivity (Wildman–Crippen MR) is 128 cm³/mol. The number of nitrogens with one attached hydrogen (secondary N) is 1. The smallest absolute Gasteiger partial charge is 0.320 e. The van der Waals surface area contributed by atoms with Crippen LogP contribution in [0.1, 0.15) is 11.1 Å². The van der Waals surface area contributed by atoms with Gasteiger partial charge in [-0.3, -0.25) is 24.0 Å². The van der Waals surface area contributed by atoms with Gasteiger partial charge >= 0.3 is 6.03 Å². The lowest BCUT2D eigenvalue weighted by Gasteiger charge is -2.17. The van der Waals surface area contributed by atoms with Gasteiger partial charge in [-0.05, 0) is 36.9 Å². The van der Waals surface area contributed by atoms with Gasteiger partial charge in [0.25, 0.3) is 5.56 Å². The van der Waals surface area contributed by atoms with E-state index in [9.17, 15) is 23.2 Å². The highest BCUT2D eigenvalue weighted by atomic mass is 35.5. The molecule has 0 aliphatic carbocycles. The number of benzene rings is 2. The lowest BCUT2D eigenvalue weighted by Crippen LogP contribution is -2.43. The fraction of sp³-hybridized carbons (Fsp3) is 0.217. The Morgan fingerprint density at radius 3 is 2.64 bits per heavy atom. The van der Waals surface area contributed by atoms with E-state index in [1.165, 1.54) is 26.8 Å². The van der Waals surface area contributed by atoms with Gasteiger partial charge in [0.05, 0.1) is 24.5 Å². The minimum atomic E-state index is -0.798. The molecule has 3 aromatic rings. The van der Waals surface area contributed by atoms with Crippen molar-refractivity contribution in [3.05, 3.63) is 80.9 Å². The summed E-state index contributed by atoms with van der Waals surface area (Å²) in [4.78, 5) is 43.9. The van der Waals surface area contributed by atoms with Crippen LogP contribution in [-0.2, 0) is 17.9 Å². The predicted octanol–water partition coefficient (Wildman–Crippen LogP) is 2.21. The van der Waals surface area contributed by atoms with Gasteiger partial charge in [-0.2, -0.15) is 0 Å². The number of carbonyl (C=O) groups excluding carboxylic acids is 2. The molecule has 0 saturated heterocycles. The molecular weight excluding hydrogens is 498 g/mol. The maximum absolute atomic E-state index is 13.8. The largest absolute Gasteiger partial charge is 0.471 e. The summed E-state index contributed by atoms with van der Waals surface area (Å²) in [5.74, 6) is -1.98. The highest BCUT2D eigenvalue weighted by molar-refractivity contribution is 6.31. The molecule has 4 rings (SSSR count). The Kier molecular flexibility index (Phi) is 7.17. The molecule has 1 aliphatic heterocycles. The standard InChI is InChI=1S/C23H21ClF2N6O4/c1-28-8-19(33)31-12-32(23(27)35)17-5-2-13(6-18(17)31)9-30-11-29-21(20(24)22(30)34)36-10-14-3-4-15(25)7-16(14)26/h2-7,11,28H,8-10,12H2,1H3,(H2,27,35). The van der Waals surface area contributed by atoms with E-state index >= 15 is 0 Å². The van der Waals surface area contributed by atoms with Gasteiger partial charge in [-0.15, -0.1) is 0 Å². The monoisotopic (exact) mass is 518 g/mol. The van der Waals surface area contributed by atoms with Crippen LogP contribution in [0, 0.1) is 11.6 Å². The molecule has 0 fully saturated rings. The summed E-state index contributed by atoms with van der Waals surface area (Å²) in [6.07, 6.45) is 1.22. The fourth-order valence-corrected chi connectivity index (χ4v) is 3.91. The number of anilines is 2. The number of nitrogens with zero attached hydrogens (tertiary/aromatic N) is 4. The van der Waals surface area contributed by atoms with E-state index in [1.807, 2.05) is 0 Å². The number of primary amides is 1. The maximum Gasteiger partial charge on any atom is 0.320 e. The lowest BCUT2D eigenvalue weighted by atomic mass is 10.1. The Labute approximate surface area is 208 Å². The molecule has 1 aliphatic rings. The van der Waals surface area contributed by atoms with Crippen molar-refractivity contribution >= 4 is 34.9 Å². The number of halogens is 3. The number of likely N-dealkylation sites (N-methyl/N-ethyl adjacent to an activating group) is 1. The Morgan fingerprint density at radius 1 is 1.17 bits per heavy atom. The molecule has 3 amide bonds. The molecule has 0 atom stereocenters. The van der Waals surface area contributed by atoms with Crippen molar-refractivity contribution in [2.45, 2.75) is 13.2 Å². The highest BCUT2D eigenvalue weighted by Crippen LogP contribution is 2.36. The SMILES string of the molecule is CNCC(=O)N1CN(C(N)=O)c2ccc(Cn3cnc(OCc4ccc(F)cc4F)c(Cl)c3=O)cc21.